The lowest BCUT2D eigenvalue weighted by molar-refractivity contribution is 0.623. The van der Waals surface area contributed by atoms with E-state index in [-0.39, 0.29) is 11.4 Å². The summed E-state index contributed by atoms with van der Waals surface area (Å²) in [6.07, 6.45) is 1.67. The van der Waals surface area contributed by atoms with Crippen molar-refractivity contribution in [1.29, 1.82) is 0 Å². The first-order chi connectivity index (χ1) is 9.04. The second-order valence-corrected chi connectivity index (χ2v) is 5.09. The quantitative estimate of drug-likeness (QED) is 0.749. The first-order valence-corrected chi connectivity index (χ1v) is 6.36. The van der Waals surface area contributed by atoms with Crippen molar-refractivity contribution in [2.45, 2.75) is 0 Å². The maximum Gasteiger partial charge on any atom is 0.250 e. The number of fused-ring (bicyclic) bond motifs is 1. The first kappa shape index (κ1) is 12.1. The molecule has 1 aromatic carbocycles. The number of pyridine rings is 1. The highest BCUT2D eigenvalue weighted by atomic mass is 79.9. The lowest BCUT2D eigenvalue weighted by Crippen LogP contribution is -2.14. The van der Waals surface area contributed by atoms with Crippen molar-refractivity contribution in [3.8, 4) is 11.4 Å². The number of nitrogens with one attached hydrogen (secondary N) is 1. The van der Waals surface area contributed by atoms with Gasteiger partial charge >= 0.3 is 0 Å². The average molecular weight is 322 g/mol. The Bertz CT molecular complexity index is 799. The van der Waals surface area contributed by atoms with Gasteiger partial charge < -0.3 is 9.55 Å². The summed E-state index contributed by atoms with van der Waals surface area (Å²) >= 11 is 3.12. The largest absolute Gasteiger partial charge is 0.338 e. The van der Waals surface area contributed by atoms with Crippen LogP contribution in [0.5, 0.6) is 0 Å². The van der Waals surface area contributed by atoms with Gasteiger partial charge in [-0.3, -0.25) is 4.79 Å². The second kappa shape index (κ2) is 4.31. The summed E-state index contributed by atoms with van der Waals surface area (Å²) in [6.45, 7) is 0. The Morgan fingerprint density at radius 2 is 2.16 bits per heavy atom. The molecular formula is C13H9BrFN3O. The fourth-order valence-electron chi connectivity index (χ4n) is 1.84. The normalized spacial score (nSPS) is 11.1. The van der Waals surface area contributed by atoms with Crippen LogP contribution < -0.4 is 5.56 Å². The summed E-state index contributed by atoms with van der Waals surface area (Å²) in [7, 11) is 1.68. The Kier molecular flexibility index (Phi) is 2.74. The zero-order valence-electron chi connectivity index (χ0n) is 9.95. The van der Waals surface area contributed by atoms with Crippen molar-refractivity contribution in [3.05, 3.63) is 51.1 Å². The number of hydrogen-bond donors (Lipinski definition) is 1. The van der Waals surface area contributed by atoms with Gasteiger partial charge in [-0.05, 0) is 28.1 Å². The SMILES string of the molecule is Cn1ccc(-c2nc3cc(Br)c(F)cc3[nH]2)cc1=O. The van der Waals surface area contributed by atoms with Crippen molar-refractivity contribution in [3.63, 3.8) is 0 Å². The summed E-state index contributed by atoms with van der Waals surface area (Å²) in [5.74, 6) is 0.192. The molecule has 0 aliphatic rings. The minimum atomic E-state index is -0.355. The van der Waals surface area contributed by atoms with Crippen LogP contribution in [0, 0.1) is 5.82 Å². The maximum atomic E-state index is 13.4. The van der Waals surface area contributed by atoms with Crippen molar-refractivity contribution in [2.75, 3.05) is 0 Å². The van der Waals surface area contributed by atoms with Gasteiger partial charge in [-0.15, -0.1) is 0 Å². The van der Waals surface area contributed by atoms with Crippen LogP contribution in [0.2, 0.25) is 0 Å². The number of H-pyrrole nitrogens is 1. The first-order valence-electron chi connectivity index (χ1n) is 5.56. The standard InChI is InChI=1S/C13H9BrFN3O/c1-18-3-2-7(4-12(18)19)13-16-10-5-8(14)9(15)6-11(10)17-13/h2-6H,1H3,(H,16,17). The van der Waals surface area contributed by atoms with Gasteiger partial charge in [0.25, 0.3) is 5.56 Å². The molecule has 0 unspecified atom stereocenters. The Morgan fingerprint density at radius 1 is 1.37 bits per heavy atom. The number of halogens is 2. The topological polar surface area (TPSA) is 50.7 Å². The van der Waals surface area contributed by atoms with Gasteiger partial charge in [0.15, 0.2) is 0 Å². The maximum absolute atomic E-state index is 13.4. The molecule has 2 aromatic heterocycles. The minimum Gasteiger partial charge on any atom is -0.338 e. The van der Waals surface area contributed by atoms with Crippen LogP contribution in [0.1, 0.15) is 0 Å². The van der Waals surface area contributed by atoms with Crippen molar-refractivity contribution < 1.29 is 4.39 Å². The van der Waals surface area contributed by atoms with E-state index in [9.17, 15) is 9.18 Å². The van der Waals surface area contributed by atoms with E-state index in [1.165, 1.54) is 16.7 Å². The molecule has 0 spiro atoms. The molecule has 0 atom stereocenters. The van der Waals surface area contributed by atoms with E-state index in [2.05, 4.69) is 25.9 Å². The lowest BCUT2D eigenvalue weighted by Gasteiger charge is -1.98. The third-order valence-corrected chi connectivity index (χ3v) is 3.51. The number of imidazole rings is 1. The summed E-state index contributed by atoms with van der Waals surface area (Å²) in [6, 6.07) is 6.25. The van der Waals surface area contributed by atoms with Gasteiger partial charge in [0.05, 0.1) is 15.5 Å². The predicted molar refractivity (Wildman–Crippen MR) is 74.4 cm³/mol. The molecule has 0 aliphatic carbocycles. The summed E-state index contributed by atoms with van der Waals surface area (Å²) < 4.78 is 15.3. The third-order valence-electron chi connectivity index (χ3n) is 2.90. The fraction of sp³-hybridized carbons (Fsp3) is 0.0769. The van der Waals surface area contributed by atoms with E-state index in [0.29, 0.717) is 26.9 Å². The number of nitrogens with zero attached hydrogens (tertiary/aromatic N) is 2. The monoisotopic (exact) mass is 321 g/mol. The van der Waals surface area contributed by atoms with Crippen LogP contribution in [0.4, 0.5) is 4.39 Å². The van der Waals surface area contributed by atoms with Crippen LogP contribution in [-0.2, 0) is 7.05 Å². The summed E-state index contributed by atoms with van der Waals surface area (Å²) in [5.41, 5.74) is 1.79. The van der Waals surface area contributed by atoms with Crippen LogP contribution >= 0.6 is 15.9 Å². The van der Waals surface area contributed by atoms with E-state index < -0.39 is 0 Å². The van der Waals surface area contributed by atoms with Crippen LogP contribution in [0.15, 0.2) is 39.7 Å². The summed E-state index contributed by atoms with van der Waals surface area (Å²) in [5, 5.41) is 0. The highest BCUT2D eigenvalue weighted by Crippen LogP contribution is 2.24. The van der Waals surface area contributed by atoms with E-state index in [1.54, 1.807) is 25.4 Å². The van der Waals surface area contributed by atoms with Crippen molar-refractivity contribution in [1.82, 2.24) is 14.5 Å². The molecular weight excluding hydrogens is 313 g/mol. The molecule has 6 heteroatoms. The van der Waals surface area contributed by atoms with E-state index >= 15 is 0 Å². The number of hydrogen-bond acceptors (Lipinski definition) is 2. The van der Waals surface area contributed by atoms with E-state index in [0.717, 1.165) is 0 Å². The number of rotatable bonds is 1. The summed E-state index contributed by atoms with van der Waals surface area (Å²) in [4.78, 5) is 19.0. The molecule has 4 nitrogen and oxygen atoms in total. The average Bonchev–Trinajstić information content (AvgIpc) is 2.76. The molecule has 3 rings (SSSR count). The molecule has 0 saturated carbocycles. The Balaban J connectivity index is 2.20. The third kappa shape index (κ3) is 2.08. The minimum absolute atomic E-state index is 0.120. The number of benzene rings is 1. The number of aryl methyl sites for hydroxylation is 1. The molecule has 2 heterocycles. The van der Waals surface area contributed by atoms with Crippen molar-refractivity contribution >= 4 is 27.0 Å². The Hall–Kier alpha value is -1.95. The van der Waals surface area contributed by atoms with Gasteiger partial charge in [0.2, 0.25) is 0 Å². The lowest BCUT2D eigenvalue weighted by atomic mass is 10.2. The van der Waals surface area contributed by atoms with Crippen LogP contribution in [0.25, 0.3) is 22.4 Å². The predicted octanol–water partition coefficient (Wildman–Crippen LogP) is 2.83. The molecule has 0 saturated heterocycles. The van der Waals surface area contributed by atoms with Gasteiger partial charge in [-0.25, -0.2) is 9.37 Å². The van der Waals surface area contributed by atoms with E-state index in [1.807, 2.05) is 0 Å². The van der Waals surface area contributed by atoms with Gasteiger partial charge in [0, 0.05) is 30.9 Å². The second-order valence-electron chi connectivity index (χ2n) is 4.23. The molecule has 19 heavy (non-hydrogen) atoms. The zero-order chi connectivity index (χ0) is 13.6. The van der Waals surface area contributed by atoms with Crippen LogP contribution in [-0.4, -0.2) is 14.5 Å². The smallest absolute Gasteiger partial charge is 0.250 e. The molecule has 0 radical (unpaired) electrons. The highest BCUT2D eigenvalue weighted by Gasteiger charge is 2.09. The van der Waals surface area contributed by atoms with Gasteiger partial charge in [-0.1, -0.05) is 0 Å². The molecule has 96 valence electrons. The molecule has 0 bridgehead atoms. The Labute approximate surface area is 116 Å². The van der Waals surface area contributed by atoms with Crippen LogP contribution in [0.3, 0.4) is 0 Å². The fourth-order valence-corrected chi connectivity index (χ4v) is 2.17. The highest BCUT2D eigenvalue weighted by molar-refractivity contribution is 9.10. The van der Waals surface area contributed by atoms with Gasteiger partial charge in [0.1, 0.15) is 11.6 Å². The van der Waals surface area contributed by atoms with E-state index in [4.69, 9.17) is 0 Å². The zero-order valence-corrected chi connectivity index (χ0v) is 11.5. The van der Waals surface area contributed by atoms with Gasteiger partial charge in [-0.2, -0.15) is 0 Å². The van der Waals surface area contributed by atoms with Crippen molar-refractivity contribution in [2.24, 2.45) is 7.05 Å². The molecule has 1 N–H and O–H groups in total. The number of aromatic amines is 1. The molecule has 0 fully saturated rings. The Morgan fingerprint density at radius 3 is 2.89 bits per heavy atom. The molecule has 0 aliphatic heterocycles. The molecule has 3 aromatic rings. The molecule has 0 amide bonds. The number of aromatic nitrogens is 3.